The molecule has 2 aromatic carbocycles. The van der Waals surface area contributed by atoms with E-state index < -0.39 is 53.5 Å². The summed E-state index contributed by atoms with van der Waals surface area (Å²) in [5.74, 6) is -1.16. The van der Waals surface area contributed by atoms with Crippen LogP contribution < -0.4 is 5.32 Å². The normalized spacial score (nSPS) is 23.7. The molecule has 2 N–H and O–H groups in total. The van der Waals surface area contributed by atoms with E-state index in [1.54, 1.807) is 30.3 Å². The van der Waals surface area contributed by atoms with Crippen molar-refractivity contribution in [3.8, 4) is 0 Å². The lowest BCUT2D eigenvalue weighted by atomic mass is 9.84. The van der Waals surface area contributed by atoms with Crippen LogP contribution in [0.5, 0.6) is 0 Å². The lowest BCUT2D eigenvalue weighted by Crippen LogP contribution is -2.42. The average molecular weight is 585 g/mol. The topological polar surface area (TPSA) is 70.2 Å². The van der Waals surface area contributed by atoms with E-state index in [4.69, 9.17) is 4.74 Å². The molecule has 1 unspecified atom stereocenters. The van der Waals surface area contributed by atoms with Gasteiger partial charge in [0, 0.05) is 43.2 Å². The van der Waals surface area contributed by atoms with Crippen LogP contribution >= 0.6 is 0 Å². The summed E-state index contributed by atoms with van der Waals surface area (Å²) in [5.41, 5.74) is -1.04. The van der Waals surface area contributed by atoms with Gasteiger partial charge in [-0.05, 0) is 60.9 Å². The first-order chi connectivity index (χ1) is 19.2. The highest BCUT2D eigenvalue weighted by Gasteiger charge is 2.54. The Kier molecular flexibility index (Phi) is 7.62. The SMILES string of the molecule is Cc1cc(F)ccc1[C@@H]1[C@@H](O[C@H](C)c2cc(C(F)(F)F)cc(C(F)(F)F)c2)CN2C(=O)CC(NCc3cn[nH]c3)[C@@H]12. The molecule has 2 aliphatic rings. The van der Waals surface area contributed by atoms with Gasteiger partial charge < -0.3 is 15.0 Å². The van der Waals surface area contributed by atoms with Gasteiger partial charge in [0.2, 0.25) is 5.91 Å². The van der Waals surface area contributed by atoms with Crippen molar-refractivity contribution in [3.05, 3.63) is 88.0 Å². The van der Waals surface area contributed by atoms with Gasteiger partial charge in [-0.3, -0.25) is 9.89 Å². The molecule has 3 heterocycles. The number of hydrogen-bond donors (Lipinski definition) is 2. The van der Waals surface area contributed by atoms with Crippen LogP contribution in [-0.4, -0.2) is 45.7 Å². The van der Waals surface area contributed by atoms with Crippen LogP contribution in [0.3, 0.4) is 0 Å². The van der Waals surface area contributed by atoms with E-state index in [0.717, 1.165) is 5.56 Å². The number of nitrogens with one attached hydrogen (secondary N) is 2. The van der Waals surface area contributed by atoms with Gasteiger partial charge in [-0.15, -0.1) is 0 Å². The second kappa shape index (κ2) is 10.8. The molecule has 0 aliphatic carbocycles. The van der Waals surface area contributed by atoms with Gasteiger partial charge >= 0.3 is 12.4 Å². The number of rotatable bonds is 7. The van der Waals surface area contributed by atoms with Crippen LogP contribution in [0, 0.1) is 12.7 Å². The molecule has 1 aromatic heterocycles. The Hall–Kier alpha value is -3.45. The largest absolute Gasteiger partial charge is 0.416 e. The summed E-state index contributed by atoms with van der Waals surface area (Å²) >= 11 is 0. The van der Waals surface area contributed by atoms with Gasteiger partial charge in [-0.1, -0.05) is 6.07 Å². The Morgan fingerprint density at radius 1 is 1.10 bits per heavy atom. The van der Waals surface area contributed by atoms with Gasteiger partial charge in [-0.25, -0.2) is 4.39 Å². The smallest absolute Gasteiger partial charge is 0.368 e. The molecule has 0 bridgehead atoms. The second-order valence-corrected chi connectivity index (χ2v) is 10.5. The molecule has 0 saturated carbocycles. The number of aryl methyl sites for hydroxylation is 1. The molecule has 41 heavy (non-hydrogen) atoms. The Balaban J connectivity index is 1.48. The third-order valence-corrected chi connectivity index (χ3v) is 7.80. The van der Waals surface area contributed by atoms with Crippen molar-refractivity contribution in [2.75, 3.05) is 6.54 Å². The predicted octanol–water partition coefficient (Wildman–Crippen LogP) is 5.90. The number of halogens is 7. The van der Waals surface area contributed by atoms with Crippen LogP contribution in [0.25, 0.3) is 0 Å². The van der Waals surface area contributed by atoms with Crippen molar-refractivity contribution >= 4 is 5.91 Å². The number of carbonyl (C=O) groups excluding carboxylic acids is 1. The van der Waals surface area contributed by atoms with Crippen molar-refractivity contribution in [1.29, 1.82) is 0 Å². The van der Waals surface area contributed by atoms with E-state index in [1.807, 2.05) is 0 Å². The maximum absolute atomic E-state index is 14.0. The summed E-state index contributed by atoms with van der Waals surface area (Å²) in [6, 6.07) is 4.78. The molecule has 0 radical (unpaired) electrons. The zero-order valence-electron chi connectivity index (χ0n) is 22.0. The molecule has 1 amide bonds. The number of amides is 1. The number of aromatic nitrogens is 2. The standard InChI is InChI=1S/C28H27F7N4O2/c1-14-5-20(29)3-4-21(14)25-23(13-39-24(40)9-22(26(25)39)36-10-16-11-37-38-12-16)41-15(2)17-6-18(27(30,31)32)8-19(7-17)28(33,34)35/h3-8,11-12,15,22-23,25-26,36H,9-10,13H2,1-2H3,(H,37,38)/t15-,22?,23+,25-,26+/m1/s1. The lowest BCUT2D eigenvalue weighted by Gasteiger charge is -2.31. The first-order valence-corrected chi connectivity index (χ1v) is 12.9. The average Bonchev–Trinajstić information content (AvgIpc) is 3.60. The van der Waals surface area contributed by atoms with Crippen LogP contribution in [0.2, 0.25) is 0 Å². The second-order valence-electron chi connectivity index (χ2n) is 10.5. The Morgan fingerprint density at radius 2 is 1.78 bits per heavy atom. The van der Waals surface area contributed by atoms with Crippen molar-refractivity contribution < 1.29 is 40.3 Å². The predicted molar refractivity (Wildman–Crippen MR) is 133 cm³/mol. The summed E-state index contributed by atoms with van der Waals surface area (Å²) in [5, 5.41) is 9.99. The van der Waals surface area contributed by atoms with Crippen molar-refractivity contribution in [1.82, 2.24) is 20.4 Å². The summed E-state index contributed by atoms with van der Waals surface area (Å²) in [6.45, 7) is 3.56. The third kappa shape index (κ3) is 5.96. The molecule has 5 atom stereocenters. The van der Waals surface area contributed by atoms with Crippen molar-refractivity contribution in [2.24, 2.45) is 0 Å². The minimum atomic E-state index is -5.00. The number of ether oxygens (including phenoxy) is 1. The summed E-state index contributed by atoms with van der Waals surface area (Å²) in [7, 11) is 0. The number of benzene rings is 2. The Bertz CT molecular complexity index is 1380. The molecule has 2 fully saturated rings. The summed E-state index contributed by atoms with van der Waals surface area (Å²) in [4.78, 5) is 14.7. The van der Waals surface area contributed by atoms with Crippen molar-refractivity contribution in [3.63, 3.8) is 0 Å². The maximum atomic E-state index is 14.0. The highest BCUT2D eigenvalue weighted by atomic mass is 19.4. The molecule has 2 saturated heterocycles. The van der Waals surface area contributed by atoms with Gasteiger partial charge in [0.1, 0.15) is 5.82 Å². The fourth-order valence-corrected chi connectivity index (χ4v) is 5.90. The maximum Gasteiger partial charge on any atom is 0.416 e. The third-order valence-electron chi connectivity index (χ3n) is 7.80. The Morgan fingerprint density at radius 3 is 2.37 bits per heavy atom. The molecule has 6 nitrogen and oxygen atoms in total. The zero-order chi connectivity index (χ0) is 29.7. The number of hydrogen-bond acceptors (Lipinski definition) is 4. The molecule has 2 aliphatic heterocycles. The number of carbonyl (C=O) groups is 1. The molecule has 3 aromatic rings. The Labute approximate surface area is 230 Å². The van der Waals surface area contributed by atoms with E-state index in [-0.39, 0.29) is 36.5 Å². The van der Waals surface area contributed by atoms with E-state index in [9.17, 15) is 35.5 Å². The fourth-order valence-electron chi connectivity index (χ4n) is 5.90. The molecule has 5 rings (SSSR count). The number of nitrogens with zero attached hydrogens (tertiary/aromatic N) is 2. The minimum absolute atomic E-state index is 0.0709. The van der Waals surface area contributed by atoms with Gasteiger partial charge in [0.05, 0.1) is 35.6 Å². The van der Waals surface area contributed by atoms with E-state index in [1.165, 1.54) is 19.1 Å². The van der Waals surface area contributed by atoms with E-state index in [2.05, 4.69) is 15.5 Å². The van der Waals surface area contributed by atoms with Crippen LogP contribution in [0.1, 0.15) is 58.7 Å². The van der Waals surface area contributed by atoms with E-state index in [0.29, 0.717) is 29.8 Å². The molecular weight excluding hydrogens is 557 g/mol. The van der Waals surface area contributed by atoms with Crippen molar-refractivity contribution in [2.45, 2.75) is 69.4 Å². The molecule has 13 heteroatoms. The fraction of sp³-hybridized carbons (Fsp3) is 0.429. The van der Waals surface area contributed by atoms with Crippen LogP contribution in [0.4, 0.5) is 30.7 Å². The zero-order valence-corrected chi connectivity index (χ0v) is 22.0. The number of H-pyrrole nitrogens is 1. The van der Waals surface area contributed by atoms with Crippen LogP contribution in [-0.2, 0) is 28.4 Å². The van der Waals surface area contributed by atoms with E-state index >= 15 is 0 Å². The summed E-state index contributed by atoms with van der Waals surface area (Å²) < 4.78 is 101. The first kappa shape index (κ1) is 29.1. The lowest BCUT2D eigenvalue weighted by molar-refractivity contribution is -0.143. The minimum Gasteiger partial charge on any atom is -0.368 e. The number of fused-ring (bicyclic) bond motifs is 1. The summed E-state index contributed by atoms with van der Waals surface area (Å²) in [6.07, 6.45) is -8.44. The van der Waals surface area contributed by atoms with Crippen LogP contribution in [0.15, 0.2) is 48.8 Å². The monoisotopic (exact) mass is 584 g/mol. The highest BCUT2D eigenvalue weighted by Crippen LogP contribution is 2.45. The first-order valence-electron chi connectivity index (χ1n) is 12.9. The molecular formula is C28H27F7N4O2. The number of alkyl halides is 6. The highest BCUT2D eigenvalue weighted by molar-refractivity contribution is 5.81. The number of aromatic amines is 1. The van der Waals surface area contributed by atoms with Gasteiger partial charge in [0.15, 0.2) is 0 Å². The molecule has 220 valence electrons. The van der Waals surface area contributed by atoms with Gasteiger partial charge in [0.25, 0.3) is 0 Å². The molecule has 0 spiro atoms. The van der Waals surface area contributed by atoms with Gasteiger partial charge in [-0.2, -0.15) is 31.4 Å². The quantitative estimate of drug-likeness (QED) is 0.340.